The van der Waals surface area contributed by atoms with E-state index in [1.807, 2.05) is 12.1 Å². The summed E-state index contributed by atoms with van der Waals surface area (Å²) in [7, 11) is 4.26. The van der Waals surface area contributed by atoms with E-state index in [1.165, 1.54) is 75.3 Å². The van der Waals surface area contributed by atoms with Gasteiger partial charge in [0.15, 0.2) is 6.04 Å². The lowest BCUT2D eigenvalue weighted by atomic mass is 10.0. The van der Waals surface area contributed by atoms with Crippen LogP contribution in [0.25, 0.3) is 0 Å². The van der Waals surface area contributed by atoms with Gasteiger partial charge in [-0.2, -0.15) is 0 Å². The minimum absolute atomic E-state index is 0.122. The molecule has 0 aromatic heterocycles. The average molecular weight is 553 g/mol. The third-order valence-electron chi connectivity index (χ3n) is 8.04. The molecule has 0 aliphatic heterocycles. The second-order valence-electron chi connectivity index (χ2n) is 12.0. The first-order chi connectivity index (χ1) is 19.4. The molecule has 0 saturated carbocycles. The second kappa shape index (κ2) is 19.7. The number of carbonyl (C=O) groups excluding carboxylic acids is 1. The first-order valence-corrected chi connectivity index (χ1v) is 16.2. The van der Waals surface area contributed by atoms with Gasteiger partial charge in [-0.25, -0.2) is 4.79 Å². The highest BCUT2D eigenvalue weighted by molar-refractivity contribution is 5.74. The van der Waals surface area contributed by atoms with Gasteiger partial charge in [0.1, 0.15) is 25.0 Å². The summed E-state index contributed by atoms with van der Waals surface area (Å²) in [6.07, 6.45) is 16.8. The topological polar surface area (TPSA) is 35.5 Å². The van der Waals surface area contributed by atoms with Gasteiger partial charge in [0, 0.05) is 12.0 Å². The molecule has 2 aromatic carbocycles. The molecule has 0 fully saturated rings. The Kier molecular flexibility index (Phi) is 16.7. The van der Waals surface area contributed by atoms with Crippen molar-refractivity contribution < 1.29 is 18.8 Å². The van der Waals surface area contributed by atoms with Crippen LogP contribution in [0.5, 0.6) is 5.75 Å². The molecule has 0 amide bonds. The lowest BCUT2D eigenvalue weighted by Crippen LogP contribution is -2.53. The quantitative estimate of drug-likeness (QED) is 0.0829. The highest BCUT2D eigenvalue weighted by atomic mass is 16.6. The zero-order valence-corrected chi connectivity index (χ0v) is 26.3. The summed E-state index contributed by atoms with van der Waals surface area (Å²) < 4.78 is 12.9. The summed E-state index contributed by atoms with van der Waals surface area (Å²) in [5.41, 5.74) is 2.49. The minimum Gasteiger partial charge on any atom is -0.487 e. The number of unbranched alkanes of at least 4 members (excludes halogenated alkanes) is 9. The molecular formula is C36H58NO3+. The maximum atomic E-state index is 13.3. The molecule has 0 aliphatic rings. The molecule has 224 valence electrons. The molecule has 0 radical (unpaired) electrons. The van der Waals surface area contributed by atoms with Gasteiger partial charge in [0.2, 0.25) is 0 Å². The molecule has 4 nitrogen and oxygen atoms in total. The van der Waals surface area contributed by atoms with Crippen molar-refractivity contribution in [3.05, 3.63) is 65.7 Å². The standard InChI is InChI=1S/C36H58NO3/c1-6-9-10-11-12-13-14-15-16-20-26-32-27-21-22-28-35(32)40-33(8-3)30-39-36(38)34(23-7-2)37(4,5)29-31-24-18-17-19-25-31/h17-19,21-22,24-25,27-28,33-34H,6-16,20,23,26,29-30H2,1-5H3/q+1. The third kappa shape index (κ3) is 12.9. The van der Waals surface area contributed by atoms with Crippen molar-refractivity contribution in [3.63, 3.8) is 0 Å². The van der Waals surface area contributed by atoms with Gasteiger partial charge < -0.3 is 14.0 Å². The van der Waals surface area contributed by atoms with Crippen LogP contribution >= 0.6 is 0 Å². The van der Waals surface area contributed by atoms with E-state index in [2.05, 4.69) is 77.3 Å². The van der Waals surface area contributed by atoms with Crippen LogP contribution in [0.3, 0.4) is 0 Å². The Morgan fingerprint density at radius 2 is 1.35 bits per heavy atom. The normalized spacial score (nSPS) is 13.1. The number of rotatable bonds is 22. The molecule has 40 heavy (non-hydrogen) atoms. The number of esters is 1. The number of quaternary nitrogens is 1. The molecular weight excluding hydrogens is 494 g/mol. The lowest BCUT2D eigenvalue weighted by Gasteiger charge is -2.36. The van der Waals surface area contributed by atoms with Crippen LogP contribution in [0, 0.1) is 0 Å². The van der Waals surface area contributed by atoms with Crippen molar-refractivity contribution in [2.75, 3.05) is 20.7 Å². The van der Waals surface area contributed by atoms with Crippen LogP contribution in [0.2, 0.25) is 0 Å². The largest absolute Gasteiger partial charge is 0.487 e. The number of aryl methyl sites for hydroxylation is 1. The molecule has 4 heteroatoms. The van der Waals surface area contributed by atoms with Gasteiger partial charge in [-0.3, -0.25) is 0 Å². The maximum absolute atomic E-state index is 13.3. The predicted molar refractivity (Wildman–Crippen MR) is 169 cm³/mol. The van der Waals surface area contributed by atoms with E-state index in [9.17, 15) is 4.79 Å². The molecule has 0 bridgehead atoms. The fraction of sp³-hybridized carbons (Fsp3) is 0.639. The number of carbonyl (C=O) groups is 1. The molecule has 0 spiro atoms. The summed E-state index contributed by atoms with van der Waals surface area (Å²) in [5, 5.41) is 0. The molecule has 0 saturated heterocycles. The summed E-state index contributed by atoms with van der Waals surface area (Å²) in [6.45, 7) is 7.58. The van der Waals surface area contributed by atoms with Crippen molar-refractivity contribution in [2.45, 2.75) is 129 Å². The number of para-hydroxylation sites is 1. The first kappa shape index (κ1) is 33.9. The monoisotopic (exact) mass is 552 g/mol. The molecule has 0 N–H and O–H groups in total. The number of hydrogen-bond acceptors (Lipinski definition) is 3. The maximum Gasteiger partial charge on any atom is 0.365 e. The number of nitrogens with zero attached hydrogens (tertiary/aromatic N) is 1. The number of hydrogen-bond donors (Lipinski definition) is 0. The van der Waals surface area contributed by atoms with E-state index in [4.69, 9.17) is 9.47 Å². The Morgan fingerprint density at radius 1 is 0.750 bits per heavy atom. The minimum atomic E-state index is -0.202. The Morgan fingerprint density at radius 3 is 1.98 bits per heavy atom. The second-order valence-corrected chi connectivity index (χ2v) is 12.0. The zero-order valence-electron chi connectivity index (χ0n) is 26.3. The number of benzene rings is 2. The van der Waals surface area contributed by atoms with Gasteiger partial charge in [-0.05, 0) is 37.3 Å². The average Bonchev–Trinajstić information content (AvgIpc) is 2.95. The van der Waals surface area contributed by atoms with Crippen LogP contribution in [-0.2, 0) is 22.5 Å². The van der Waals surface area contributed by atoms with Crippen molar-refractivity contribution in [3.8, 4) is 5.75 Å². The van der Waals surface area contributed by atoms with Gasteiger partial charge in [0.25, 0.3) is 0 Å². The predicted octanol–water partition coefficient (Wildman–Crippen LogP) is 9.30. The van der Waals surface area contributed by atoms with Gasteiger partial charge in [-0.1, -0.05) is 127 Å². The van der Waals surface area contributed by atoms with E-state index in [0.717, 1.165) is 38.0 Å². The fourth-order valence-electron chi connectivity index (χ4n) is 5.50. The van der Waals surface area contributed by atoms with Gasteiger partial charge >= 0.3 is 5.97 Å². The summed E-state index contributed by atoms with van der Waals surface area (Å²) in [4.78, 5) is 13.3. The highest BCUT2D eigenvalue weighted by Gasteiger charge is 2.36. The summed E-state index contributed by atoms with van der Waals surface area (Å²) in [6, 6.07) is 18.6. The van der Waals surface area contributed by atoms with Crippen LogP contribution in [-0.4, -0.2) is 43.3 Å². The summed E-state index contributed by atoms with van der Waals surface area (Å²) in [5.74, 6) is 0.815. The number of ether oxygens (including phenoxy) is 2. The molecule has 0 aliphatic carbocycles. The Bertz CT molecular complexity index is 927. The van der Waals surface area contributed by atoms with E-state index in [1.54, 1.807) is 0 Å². The third-order valence-corrected chi connectivity index (χ3v) is 8.04. The number of likely N-dealkylation sites (N-methyl/N-ethyl adjacent to an activating group) is 1. The van der Waals surface area contributed by atoms with Crippen LogP contribution in [0.1, 0.15) is 115 Å². The first-order valence-electron chi connectivity index (χ1n) is 16.2. The van der Waals surface area contributed by atoms with Crippen molar-refractivity contribution >= 4 is 5.97 Å². The van der Waals surface area contributed by atoms with Crippen LogP contribution < -0.4 is 4.74 Å². The summed E-state index contributed by atoms with van der Waals surface area (Å²) >= 11 is 0. The van der Waals surface area contributed by atoms with E-state index in [0.29, 0.717) is 4.48 Å². The van der Waals surface area contributed by atoms with Crippen molar-refractivity contribution in [1.29, 1.82) is 0 Å². The smallest absolute Gasteiger partial charge is 0.365 e. The lowest BCUT2D eigenvalue weighted by molar-refractivity contribution is -0.920. The molecule has 2 atom stereocenters. The molecule has 2 rings (SSSR count). The van der Waals surface area contributed by atoms with Crippen LogP contribution in [0.4, 0.5) is 0 Å². The SMILES string of the molecule is CCCCCCCCCCCCc1ccccc1OC(CC)COC(=O)C(CCC)[N+](C)(C)Cc1ccccc1. The Balaban J connectivity index is 1.83. The highest BCUT2D eigenvalue weighted by Crippen LogP contribution is 2.24. The van der Waals surface area contributed by atoms with Gasteiger partial charge in [-0.15, -0.1) is 0 Å². The fourth-order valence-corrected chi connectivity index (χ4v) is 5.50. The van der Waals surface area contributed by atoms with Crippen molar-refractivity contribution in [2.24, 2.45) is 0 Å². The van der Waals surface area contributed by atoms with Crippen molar-refractivity contribution in [1.82, 2.24) is 0 Å². The van der Waals surface area contributed by atoms with E-state index in [-0.39, 0.29) is 24.7 Å². The van der Waals surface area contributed by atoms with Gasteiger partial charge in [0.05, 0.1) is 14.1 Å². The van der Waals surface area contributed by atoms with Crippen LogP contribution in [0.15, 0.2) is 54.6 Å². The van der Waals surface area contributed by atoms with E-state index >= 15 is 0 Å². The molecule has 2 aromatic rings. The Labute approximate surface area is 246 Å². The zero-order chi connectivity index (χ0) is 29.1. The Hall–Kier alpha value is -2.33. The molecule has 0 heterocycles. The molecule has 2 unspecified atom stereocenters. The van der Waals surface area contributed by atoms with E-state index < -0.39 is 0 Å².